The van der Waals surface area contributed by atoms with Gasteiger partial charge < -0.3 is 9.88 Å². The highest BCUT2D eigenvalue weighted by Crippen LogP contribution is 2.21. The molecule has 3 heterocycles. The molecule has 2 aromatic heterocycles. The maximum absolute atomic E-state index is 13.5. The number of halogens is 2. The lowest BCUT2D eigenvalue weighted by Gasteiger charge is -2.14. The van der Waals surface area contributed by atoms with Crippen LogP contribution >= 0.6 is 0 Å². The molecular formula is C18H16F2N3O2S+. The average molecular weight is 376 g/mol. The van der Waals surface area contributed by atoms with Gasteiger partial charge in [-0.1, -0.05) is 0 Å². The van der Waals surface area contributed by atoms with Gasteiger partial charge in [0.15, 0.2) is 11.6 Å². The van der Waals surface area contributed by atoms with Crippen LogP contribution in [0.4, 0.5) is 8.78 Å². The van der Waals surface area contributed by atoms with Gasteiger partial charge in [-0.3, -0.25) is 4.79 Å². The lowest BCUT2D eigenvalue weighted by molar-refractivity contribution is 0.108. The van der Waals surface area contributed by atoms with Crippen molar-refractivity contribution in [2.75, 3.05) is 24.6 Å². The van der Waals surface area contributed by atoms with Crippen molar-refractivity contribution in [1.82, 2.24) is 14.9 Å². The molecule has 134 valence electrons. The Hall–Kier alpha value is -2.32. The first-order valence-electron chi connectivity index (χ1n) is 8.17. The van der Waals surface area contributed by atoms with Crippen molar-refractivity contribution in [3.63, 3.8) is 0 Å². The second kappa shape index (κ2) is 6.44. The van der Waals surface area contributed by atoms with Crippen molar-refractivity contribution in [2.45, 2.75) is 0 Å². The van der Waals surface area contributed by atoms with Gasteiger partial charge in [-0.2, -0.15) is 0 Å². The first-order valence-corrected chi connectivity index (χ1v) is 9.73. The summed E-state index contributed by atoms with van der Waals surface area (Å²) in [6.07, 6.45) is 1.50. The Labute approximate surface area is 150 Å². The third-order valence-corrected chi connectivity index (χ3v) is 6.65. The molecule has 0 radical (unpaired) electrons. The number of aromatic nitrogens is 2. The number of rotatable bonds is 1. The molecule has 0 unspecified atom stereocenters. The van der Waals surface area contributed by atoms with Crippen LogP contribution < -0.4 is 10.7 Å². The van der Waals surface area contributed by atoms with Crippen molar-refractivity contribution in [3.05, 3.63) is 51.8 Å². The van der Waals surface area contributed by atoms with Crippen LogP contribution in [0, 0.1) is 11.6 Å². The lowest BCUT2D eigenvalue weighted by Crippen LogP contribution is -2.41. The summed E-state index contributed by atoms with van der Waals surface area (Å²) < 4.78 is 28.6. The summed E-state index contributed by atoms with van der Waals surface area (Å²) in [5.41, 5.74) is 0.312. The smallest absolute Gasteiger partial charge is 0.334 e. The number of benzene rings is 1. The minimum atomic E-state index is -1.00. The van der Waals surface area contributed by atoms with Crippen molar-refractivity contribution < 1.29 is 13.6 Å². The molecule has 0 atom stereocenters. The Morgan fingerprint density at radius 1 is 1.19 bits per heavy atom. The van der Waals surface area contributed by atoms with E-state index in [9.17, 15) is 18.4 Å². The van der Waals surface area contributed by atoms with Gasteiger partial charge in [0.05, 0.1) is 21.8 Å². The quantitative estimate of drug-likeness (QED) is 0.519. The van der Waals surface area contributed by atoms with Gasteiger partial charge >= 0.3 is 5.12 Å². The summed E-state index contributed by atoms with van der Waals surface area (Å²) in [6.45, 7) is 1.53. The maximum atomic E-state index is 13.5. The predicted molar refractivity (Wildman–Crippen MR) is 98.7 cm³/mol. The van der Waals surface area contributed by atoms with Crippen molar-refractivity contribution >= 4 is 37.9 Å². The molecule has 0 spiro atoms. The molecule has 0 amide bonds. The molecule has 1 aliphatic heterocycles. The van der Waals surface area contributed by atoms with Crippen LogP contribution in [0.5, 0.6) is 0 Å². The number of hydrogen-bond acceptors (Lipinski definition) is 4. The molecule has 1 saturated heterocycles. The maximum Gasteiger partial charge on any atom is 0.367 e. The third-order valence-electron chi connectivity index (χ3n) is 4.52. The van der Waals surface area contributed by atoms with Crippen LogP contribution in [-0.2, 0) is 17.9 Å². The number of carbonyl (C=O) groups excluding carboxylic acids is 1. The van der Waals surface area contributed by atoms with Gasteiger partial charge in [0.25, 0.3) is 0 Å². The van der Waals surface area contributed by atoms with Gasteiger partial charge in [0, 0.05) is 37.8 Å². The van der Waals surface area contributed by atoms with E-state index in [1.54, 1.807) is 11.6 Å². The van der Waals surface area contributed by atoms with Crippen LogP contribution in [0.15, 0.2) is 29.2 Å². The molecule has 1 aliphatic rings. The third kappa shape index (κ3) is 2.79. The highest BCUT2D eigenvalue weighted by Gasteiger charge is 2.34. The Kier molecular flexibility index (Phi) is 4.24. The highest BCUT2D eigenvalue weighted by atomic mass is 32.2. The fourth-order valence-corrected chi connectivity index (χ4v) is 4.97. The molecule has 0 bridgehead atoms. The molecule has 1 aromatic carbocycles. The van der Waals surface area contributed by atoms with E-state index in [2.05, 4.69) is 10.3 Å². The van der Waals surface area contributed by atoms with E-state index in [4.69, 9.17) is 0 Å². The number of nitrogens with one attached hydrogen (secondary N) is 1. The molecule has 3 aromatic rings. The minimum absolute atomic E-state index is 0.133. The second-order valence-electron chi connectivity index (χ2n) is 6.24. The fourth-order valence-electron chi connectivity index (χ4n) is 3.16. The first-order chi connectivity index (χ1) is 12.5. The number of fused-ring (bicyclic) bond motifs is 2. The molecule has 0 saturated carbocycles. The van der Waals surface area contributed by atoms with Crippen LogP contribution in [-0.4, -0.2) is 39.3 Å². The SMILES string of the molecule is Cn1cc(C(=O)[S+]2CCNCC2)c(=O)c2cc3cc(F)c(F)cc3nc21. The van der Waals surface area contributed by atoms with E-state index in [1.807, 2.05) is 0 Å². The predicted octanol–water partition coefficient (Wildman–Crippen LogP) is 1.73. The zero-order valence-corrected chi connectivity index (χ0v) is 14.8. The summed E-state index contributed by atoms with van der Waals surface area (Å²) in [7, 11) is 1.20. The number of aryl methyl sites for hydroxylation is 1. The molecular weight excluding hydrogens is 360 g/mol. The lowest BCUT2D eigenvalue weighted by atomic mass is 10.1. The van der Waals surface area contributed by atoms with E-state index in [0.717, 1.165) is 36.7 Å². The summed E-state index contributed by atoms with van der Waals surface area (Å²) in [6, 6.07) is 3.49. The van der Waals surface area contributed by atoms with E-state index >= 15 is 0 Å². The summed E-state index contributed by atoms with van der Waals surface area (Å²) in [5.74, 6) is -0.548. The highest BCUT2D eigenvalue weighted by molar-refractivity contribution is 8.11. The molecule has 1 N–H and O–H groups in total. The fraction of sp³-hybridized carbons (Fsp3) is 0.278. The van der Waals surface area contributed by atoms with E-state index < -0.39 is 28.0 Å². The zero-order chi connectivity index (χ0) is 18.4. The first kappa shape index (κ1) is 17.1. The Balaban J connectivity index is 1.92. The Morgan fingerprint density at radius 2 is 1.88 bits per heavy atom. The molecule has 5 nitrogen and oxygen atoms in total. The van der Waals surface area contributed by atoms with Crippen molar-refractivity contribution in [3.8, 4) is 0 Å². The molecule has 0 aliphatic carbocycles. The van der Waals surface area contributed by atoms with E-state index in [1.165, 1.54) is 12.3 Å². The van der Waals surface area contributed by atoms with E-state index in [0.29, 0.717) is 11.0 Å². The van der Waals surface area contributed by atoms with Gasteiger partial charge in [-0.25, -0.2) is 18.6 Å². The summed E-state index contributed by atoms with van der Waals surface area (Å²) >= 11 is 0. The van der Waals surface area contributed by atoms with Crippen molar-refractivity contribution in [1.29, 1.82) is 0 Å². The molecule has 8 heteroatoms. The van der Waals surface area contributed by atoms with Crippen molar-refractivity contribution in [2.24, 2.45) is 7.05 Å². The summed E-state index contributed by atoms with van der Waals surface area (Å²) in [4.78, 5) is 30.0. The standard InChI is InChI=1S/C18H16F2N3O2S/c1-23-9-12(18(25)26-4-2-21-3-5-26)16(24)11-6-10-7-13(19)14(20)8-15(10)22-17(11)23/h6-9,21H,2-5H2,1H3/q+1. The van der Waals surface area contributed by atoms with Gasteiger partial charge in [0.1, 0.15) is 22.7 Å². The minimum Gasteiger partial charge on any atom is -0.334 e. The van der Waals surface area contributed by atoms with Gasteiger partial charge in [-0.15, -0.1) is 0 Å². The largest absolute Gasteiger partial charge is 0.367 e. The molecule has 4 rings (SSSR count). The second-order valence-corrected chi connectivity index (χ2v) is 8.41. The molecule has 26 heavy (non-hydrogen) atoms. The van der Waals surface area contributed by atoms with Crippen LogP contribution in [0.1, 0.15) is 10.4 Å². The number of carbonyl (C=O) groups is 1. The van der Waals surface area contributed by atoms with Gasteiger partial charge in [-0.05, 0) is 12.1 Å². The van der Waals surface area contributed by atoms with Crippen LogP contribution in [0.3, 0.4) is 0 Å². The molecule has 1 fully saturated rings. The monoisotopic (exact) mass is 376 g/mol. The number of hydrogen-bond donors (Lipinski definition) is 1. The Bertz CT molecular complexity index is 1110. The van der Waals surface area contributed by atoms with Crippen LogP contribution in [0.2, 0.25) is 0 Å². The number of nitrogens with zero attached hydrogens (tertiary/aromatic N) is 2. The average Bonchev–Trinajstić information content (AvgIpc) is 2.65. The van der Waals surface area contributed by atoms with Gasteiger partial charge in [0.2, 0.25) is 5.43 Å². The van der Waals surface area contributed by atoms with Crippen LogP contribution in [0.25, 0.3) is 21.9 Å². The van der Waals surface area contributed by atoms with E-state index in [-0.39, 0.29) is 21.6 Å². The summed E-state index contributed by atoms with van der Waals surface area (Å²) in [5, 5.41) is 3.62. The Morgan fingerprint density at radius 3 is 2.62 bits per heavy atom. The zero-order valence-electron chi connectivity index (χ0n) is 14.0. The topological polar surface area (TPSA) is 64.0 Å². The normalized spacial score (nSPS) is 15.7. The number of pyridine rings is 2.